The van der Waals surface area contributed by atoms with E-state index in [-0.39, 0.29) is 0 Å². The fourth-order valence-corrected chi connectivity index (χ4v) is 2.31. The van der Waals surface area contributed by atoms with Crippen LogP contribution in [0.1, 0.15) is 20.4 Å². The van der Waals surface area contributed by atoms with Crippen LogP contribution in [0, 0.1) is 13.8 Å². The van der Waals surface area contributed by atoms with Crippen LogP contribution < -0.4 is 5.73 Å². The molecule has 0 radical (unpaired) electrons. The van der Waals surface area contributed by atoms with Crippen LogP contribution in [-0.4, -0.2) is 45.9 Å². The lowest BCUT2D eigenvalue weighted by Crippen LogP contribution is -2.41. The third kappa shape index (κ3) is 3.52. The van der Waals surface area contributed by atoms with Gasteiger partial charge in [-0.3, -0.25) is 14.4 Å². The summed E-state index contributed by atoms with van der Waals surface area (Å²) in [5, 5.41) is 9.41. The van der Waals surface area contributed by atoms with Gasteiger partial charge in [-0.15, -0.1) is 11.3 Å². The van der Waals surface area contributed by atoms with Crippen molar-refractivity contribution in [3.8, 4) is 0 Å². The number of nitrogens with zero attached hydrogens (tertiary/aromatic N) is 2. The molecule has 0 aliphatic heterocycles. The highest BCUT2D eigenvalue weighted by Gasteiger charge is 2.23. The van der Waals surface area contributed by atoms with Crippen molar-refractivity contribution in [1.82, 2.24) is 9.88 Å². The number of carbonyl (C=O) groups excluding carboxylic acids is 2. The molecule has 0 atom stereocenters. The zero-order valence-corrected chi connectivity index (χ0v) is 10.8. The van der Waals surface area contributed by atoms with Gasteiger partial charge in [-0.2, -0.15) is 0 Å². The lowest BCUT2D eigenvalue weighted by atomic mass is 10.3. The summed E-state index contributed by atoms with van der Waals surface area (Å²) in [7, 11) is 0. The summed E-state index contributed by atoms with van der Waals surface area (Å²) < 4.78 is 0. The molecule has 98 valence electrons. The Morgan fingerprint density at radius 1 is 1.33 bits per heavy atom. The second-order valence-corrected chi connectivity index (χ2v) is 4.87. The van der Waals surface area contributed by atoms with E-state index in [1.807, 2.05) is 0 Å². The van der Waals surface area contributed by atoms with E-state index in [4.69, 9.17) is 10.8 Å². The van der Waals surface area contributed by atoms with Crippen LogP contribution in [0.15, 0.2) is 0 Å². The number of aromatic nitrogens is 1. The number of rotatable bonds is 5. The van der Waals surface area contributed by atoms with E-state index in [1.165, 1.54) is 0 Å². The zero-order valence-electron chi connectivity index (χ0n) is 9.97. The van der Waals surface area contributed by atoms with E-state index >= 15 is 0 Å². The number of amides is 2. The average Bonchev–Trinajstić information content (AvgIpc) is 2.54. The fraction of sp³-hybridized carbons (Fsp3) is 0.400. The normalized spacial score (nSPS) is 10.1. The standard InChI is InChI=1S/C10H13N3O4S/c1-5-9(18-6(2)12-5)10(17)13(3-7(11)14)4-8(15)16/h3-4H2,1-2H3,(H2,11,14)(H,15,16). The largest absolute Gasteiger partial charge is 0.480 e. The van der Waals surface area contributed by atoms with E-state index in [0.717, 1.165) is 16.2 Å². The Morgan fingerprint density at radius 3 is 2.33 bits per heavy atom. The quantitative estimate of drug-likeness (QED) is 0.768. The molecule has 0 fully saturated rings. The molecular formula is C10H13N3O4S. The SMILES string of the molecule is Cc1nc(C)c(C(=O)N(CC(N)=O)CC(=O)O)s1. The van der Waals surface area contributed by atoms with Crippen molar-refractivity contribution < 1.29 is 19.5 Å². The summed E-state index contributed by atoms with van der Waals surface area (Å²) in [5.74, 6) is -2.51. The smallest absolute Gasteiger partial charge is 0.323 e. The molecule has 7 nitrogen and oxygen atoms in total. The van der Waals surface area contributed by atoms with Crippen molar-refractivity contribution in [2.45, 2.75) is 13.8 Å². The van der Waals surface area contributed by atoms with Crippen molar-refractivity contribution >= 4 is 29.1 Å². The molecule has 0 unspecified atom stereocenters. The van der Waals surface area contributed by atoms with Crippen LogP contribution >= 0.6 is 11.3 Å². The molecule has 8 heteroatoms. The lowest BCUT2D eigenvalue weighted by Gasteiger charge is -2.18. The Labute approximate surface area is 107 Å². The number of thiazole rings is 1. The predicted octanol–water partition coefficient (Wildman–Crippen LogP) is -0.228. The molecule has 0 saturated carbocycles. The Morgan fingerprint density at radius 2 is 1.94 bits per heavy atom. The topological polar surface area (TPSA) is 114 Å². The molecular weight excluding hydrogens is 258 g/mol. The Kier molecular flexibility index (Phi) is 4.38. The van der Waals surface area contributed by atoms with Gasteiger partial charge in [0.15, 0.2) is 0 Å². The maximum Gasteiger partial charge on any atom is 0.323 e. The van der Waals surface area contributed by atoms with Gasteiger partial charge in [-0.25, -0.2) is 4.98 Å². The minimum Gasteiger partial charge on any atom is -0.480 e. The Bertz CT molecular complexity index is 481. The van der Waals surface area contributed by atoms with Crippen molar-refractivity contribution in [2.24, 2.45) is 5.73 Å². The average molecular weight is 271 g/mol. The molecule has 0 saturated heterocycles. The number of carboxylic acids is 1. The minimum atomic E-state index is -1.21. The molecule has 1 rings (SSSR count). The number of aliphatic carboxylic acids is 1. The van der Waals surface area contributed by atoms with Crippen LogP contribution in [0.25, 0.3) is 0 Å². The second kappa shape index (κ2) is 5.58. The molecule has 1 aromatic heterocycles. The molecule has 0 spiro atoms. The van der Waals surface area contributed by atoms with Crippen molar-refractivity contribution in [2.75, 3.05) is 13.1 Å². The Balaban J connectivity index is 2.97. The van der Waals surface area contributed by atoms with Gasteiger partial charge in [-0.05, 0) is 13.8 Å². The van der Waals surface area contributed by atoms with E-state index < -0.39 is 30.9 Å². The number of nitrogens with two attached hydrogens (primary N) is 1. The molecule has 18 heavy (non-hydrogen) atoms. The summed E-state index contributed by atoms with van der Waals surface area (Å²) in [6, 6.07) is 0. The highest BCUT2D eigenvalue weighted by molar-refractivity contribution is 7.13. The third-order valence-electron chi connectivity index (χ3n) is 2.06. The number of carbonyl (C=O) groups is 3. The maximum atomic E-state index is 12.1. The van der Waals surface area contributed by atoms with Crippen molar-refractivity contribution in [3.63, 3.8) is 0 Å². The lowest BCUT2D eigenvalue weighted by molar-refractivity contribution is -0.138. The molecule has 3 N–H and O–H groups in total. The van der Waals surface area contributed by atoms with E-state index in [2.05, 4.69) is 4.98 Å². The highest BCUT2D eigenvalue weighted by Crippen LogP contribution is 2.19. The fourth-order valence-electron chi connectivity index (χ4n) is 1.42. The monoisotopic (exact) mass is 271 g/mol. The van der Waals surface area contributed by atoms with Crippen molar-refractivity contribution in [1.29, 1.82) is 0 Å². The zero-order chi connectivity index (χ0) is 13.9. The first-order chi connectivity index (χ1) is 8.31. The van der Waals surface area contributed by atoms with Gasteiger partial charge < -0.3 is 15.7 Å². The van der Waals surface area contributed by atoms with Gasteiger partial charge in [0.2, 0.25) is 5.91 Å². The summed E-state index contributed by atoms with van der Waals surface area (Å²) in [6.07, 6.45) is 0. The number of hydrogen-bond acceptors (Lipinski definition) is 5. The van der Waals surface area contributed by atoms with E-state index in [9.17, 15) is 14.4 Å². The van der Waals surface area contributed by atoms with Crippen LogP contribution in [-0.2, 0) is 9.59 Å². The summed E-state index contributed by atoms with van der Waals surface area (Å²) in [5.41, 5.74) is 5.51. The number of aryl methyl sites for hydroxylation is 2. The summed E-state index contributed by atoms with van der Waals surface area (Å²) >= 11 is 1.16. The highest BCUT2D eigenvalue weighted by atomic mass is 32.1. The first kappa shape index (κ1) is 14.1. The minimum absolute atomic E-state index is 0.329. The molecule has 1 aromatic rings. The van der Waals surface area contributed by atoms with E-state index in [0.29, 0.717) is 15.6 Å². The van der Waals surface area contributed by atoms with Crippen LogP contribution in [0.5, 0.6) is 0 Å². The van der Waals surface area contributed by atoms with Gasteiger partial charge in [0.05, 0.1) is 10.7 Å². The van der Waals surface area contributed by atoms with Crippen LogP contribution in [0.2, 0.25) is 0 Å². The van der Waals surface area contributed by atoms with Gasteiger partial charge in [0, 0.05) is 0 Å². The third-order valence-corrected chi connectivity index (χ3v) is 3.12. The van der Waals surface area contributed by atoms with Gasteiger partial charge >= 0.3 is 5.97 Å². The predicted molar refractivity (Wildman–Crippen MR) is 64.3 cm³/mol. The summed E-state index contributed by atoms with van der Waals surface area (Å²) in [4.78, 5) is 38.9. The maximum absolute atomic E-state index is 12.1. The van der Waals surface area contributed by atoms with Crippen molar-refractivity contribution in [3.05, 3.63) is 15.6 Å². The number of carboxylic acid groups (broad SMARTS) is 1. The van der Waals surface area contributed by atoms with Gasteiger partial charge in [0.25, 0.3) is 5.91 Å². The Hall–Kier alpha value is -1.96. The molecule has 0 aliphatic rings. The van der Waals surface area contributed by atoms with Crippen LogP contribution in [0.3, 0.4) is 0 Å². The van der Waals surface area contributed by atoms with Gasteiger partial charge in [0.1, 0.15) is 18.0 Å². The molecule has 0 aliphatic carbocycles. The first-order valence-corrected chi connectivity index (χ1v) is 5.86. The molecule has 0 bridgehead atoms. The summed E-state index contributed by atoms with van der Waals surface area (Å²) in [6.45, 7) is 2.39. The van der Waals surface area contributed by atoms with Gasteiger partial charge in [-0.1, -0.05) is 0 Å². The molecule has 2 amide bonds. The number of hydrogen-bond donors (Lipinski definition) is 2. The van der Waals surface area contributed by atoms with Crippen LogP contribution in [0.4, 0.5) is 0 Å². The van der Waals surface area contributed by atoms with E-state index in [1.54, 1.807) is 13.8 Å². The molecule has 1 heterocycles. The second-order valence-electron chi connectivity index (χ2n) is 3.67. The number of primary amides is 1. The first-order valence-electron chi connectivity index (χ1n) is 5.04. The molecule has 0 aromatic carbocycles.